The monoisotopic (exact) mass is 396 g/mol. The van der Waals surface area contributed by atoms with Crippen LogP contribution in [0.25, 0.3) is 0 Å². The molecule has 0 radical (unpaired) electrons. The molecule has 7 heteroatoms. The lowest BCUT2D eigenvalue weighted by Gasteiger charge is -2.36. The van der Waals surface area contributed by atoms with Crippen molar-refractivity contribution in [1.82, 2.24) is 25.1 Å². The molecule has 0 aliphatic carbocycles. The number of anilines is 1. The van der Waals surface area contributed by atoms with Crippen LogP contribution in [0.2, 0.25) is 5.02 Å². The molecule has 0 unspecified atom stereocenters. The maximum absolute atomic E-state index is 6.19. The fourth-order valence-corrected chi connectivity index (χ4v) is 3.83. The van der Waals surface area contributed by atoms with Crippen LogP contribution in [0.15, 0.2) is 48.5 Å². The first-order chi connectivity index (χ1) is 13.7. The fourth-order valence-electron chi connectivity index (χ4n) is 3.66. The number of rotatable bonds is 6. The molecule has 0 N–H and O–H groups in total. The molecule has 1 aliphatic rings. The smallest absolute Gasteiger partial charge is 0.165 e. The van der Waals surface area contributed by atoms with Crippen molar-refractivity contribution in [2.24, 2.45) is 0 Å². The summed E-state index contributed by atoms with van der Waals surface area (Å²) in [5.41, 5.74) is 3.80. The van der Waals surface area contributed by atoms with Gasteiger partial charge in [-0.05, 0) is 47.0 Å². The van der Waals surface area contributed by atoms with E-state index in [1.807, 2.05) is 16.8 Å². The SMILES string of the molecule is Cc1ccc(Cl)cc1N1CCN(Cc2nnnn2CCc2ccccc2)CC1. The highest BCUT2D eigenvalue weighted by atomic mass is 35.5. The average Bonchev–Trinajstić information content (AvgIpc) is 3.17. The molecule has 1 fully saturated rings. The zero-order valence-corrected chi connectivity index (χ0v) is 16.9. The number of hydrogen-bond acceptors (Lipinski definition) is 5. The van der Waals surface area contributed by atoms with Gasteiger partial charge in [0.1, 0.15) is 0 Å². The van der Waals surface area contributed by atoms with Crippen LogP contribution in [0.4, 0.5) is 5.69 Å². The topological polar surface area (TPSA) is 50.1 Å². The van der Waals surface area contributed by atoms with Crippen molar-refractivity contribution < 1.29 is 0 Å². The molecule has 28 heavy (non-hydrogen) atoms. The van der Waals surface area contributed by atoms with Crippen molar-refractivity contribution >= 4 is 17.3 Å². The second-order valence-electron chi connectivity index (χ2n) is 7.25. The van der Waals surface area contributed by atoms with Crippen LogP contribution in [-0.2, 0) is 19.5 Å². The van der Waals surface area contributed by atoms with Crippen molar-refractivity contribution in [1.29, 1.82) is 0 Å². The van der Waals surface area contributed by atoms with Gasteiger partial charge in [-0.1, -0.05) is 48.0 Å². The second kappa shape index (κ2) is 8.71. The Morgan fingerprint density at radius 2 is 1.79 bits per heavy atom. The predicted octanol–water partition coefficient (Wildman–Crippen LogP) is 3.20. The largest absolute Gasteiger partial charge is 0.369 e. The first-order valence-electron chi connectivity index (χ1n) is 9.71. The van der Waals surface area contributed by atoms with Crippen LogP contribution in [0.1, 0.15) is 17.0 Å². The van der Waals surface area contributed by atoms with E-state index in [9.17, 15) is 0 Å². The van der Waals surface area contributed by atoms with E-state index in [4.69, 9.17) is 11.6 Å². The molecule has 1 saturated heterocycles. The van der Waals surface area contributed by atoms with Gasteiger partial charge in [-0.15, -0.1) is 5.10 Å². The van der Waals surface area contributed by atoms with Gasteiger partial charge in [0.2, 0.25) is 0 Å². The highest BCUT2D eigenvalue weighted by Gasteiger charge is 2.20. The van der Waals surface area contributed by atoms with Crippen LogP contribution < -0.4 is 4.90 Å². The summed E-state index contributed by atoms with van der Waals surface area (Å²) in [6.07, 6.45) is 0.931. The molecule has 1 aromatic heterocycles. The normalized spacial score (nSPS) is 15.1. The molecule has 0 bridgehead atoms. The maximum Gasteiger partial charge on any atom is 0.165 e. The first-order valence-corrected chi connectivity index (χ1v) is 10.1. The first kappa shape index (κ1) is 18.9. The predicted molar refractivity (Wildman–Crippen MR) is 112 cm³/mol. The van der Waals surface area contributed by atoms with E-state index in [-0.39, 0.29) is 0 Å². The number of halogens is 1. The van der Waals surface area contributed by atoms with E-state index in [0.717, 1.165) is 56.5 Å². The van der Waals surface area contributed by atoms with Crippen LogP contribution in [-0.4, -0.2) is 51.3 Å². The summed E-state index contributed by atoms with van der Waals surface area (Å²) in [7, 11) is 0. The van der Waals surface area contributed by atoms with Crippen molar-refractivity contribution in [2.45, 2.75) is 26.4 Å². The molecule has 0 spiro atoms. The summed E-state index contributed by atoms with van der Waals surface area (Å²) < 4.78 is 1.93. The fraction of sp³-hybridized carbons (Fsp3) is 0.381. The van der Waals surface area contributed by atoms with E-state index in [1.165, 1.54) is 16.8 Å². The van der Waals surface area contributed by atoms with Gasteiger partial charge in [0.05, 0.1) is 6.54 Å². The molecule has 1 aliphatic heterocycles. The third-order valence-electron chi connectivity index (χ3n) is 5.31. The number of nitrogens with zero attached hydrogens (tertiary/aromatic N) is 6. The van der Waals surface area contributed by atoms with E-state index in [2.05, 4.69) is 68.6 Å². The number of hydrogen-bond donors (Lipinski definition) is 0. The Hall–Kier alpha value is -2.44. The summed E-state index contributed by atoms with van der Waals surface area (Å²) in [5.74, 6) is 0.934. The maximum atomic E-state index is 6.19. The molecule has 4 rings (SSSR count). The summed E-state index contributed by atoms with van der Waals surface area (Å²) in [5, 5.41) is 13.1. The van der Waals surface area contributed by atoms with Gasteiger partial charge in [-0.3, -0.25) is 4.90 Å². The molecule has 3 aromatic rings. The van der Waals surface area contributed by atoms with Crippen LogP contribution in [0.3, 0.4) is 0 Å². The number of benzene rings is 2. The van der Waals surface area contributed by atoms with Gasteiger partial charge in [0, 0.05) is 43.4 Å². The number of aryl methyl sites for hydroxylation is 3. The minimum absolute atomic E-state index is 0.782. The van der Waals surface area contributed by atoms with E-state index in [0.29, 0.717) is 0 Å². The Balaban J connectivity index is 1.33. The zero-order valence-electron chi connectivity index (χ0n) is 16.1. The Labute approximate surface area is 170 Å². The van der Waals surface area contributed by atoms with Gasteiger partial charge in [-0.25, -0.2) is 4.68 Å². The lowest BCUT2D eigenvalue weighted by molar-refractivity contribution is 0.239. The zero-order chi connectivity index (χ0) is 19.3. The second-order valence-corrected chi connectivity index (χ2v) is 7.68. The van der Waals surface area contributed by atoms with E-state index < -0.39 is 0 Å². The third-order valence-corrected chi connectivity index (χ3v) is 5.55. The highest BCUT2D eigenvalue weighted by molar-refractivity contribution is 6.30. The van der Waals surface area contributed by atoms with Gasteiger partial charge >= 0.3 is 0 Å². The molecule has 2 heterocycles. The molecular weight excluding hydrogens is 372 g/mol. The van der Waals surface area contributed by atoms with E-state index >= 15 is 0 Å². The van der Waals surface area contributed by atoms with Gasteiger partial charge in [0.15, 0.2) is 5.82 Å². The lowest BCUT2D eigenvalue weighted by atomic mass is 10.1. The van der Waals surface area contributed by atoms with Gasteiger partial charge in [0.25, 0.3) is 0 Å². The number of piperazine rings is 1. The molecule has 0 atom stereocenters. The summed E-state index contributed by atoms with van der Waals surface area (Å²) >= 11 is 6.19. The summed E-state index contributed by atoms with van der Waals surface area (Å²) in [6, 6.07) is 16.6. The minimum Gasteiger partial charge on any atom is -0.369 e. The van der Waals surface area contributed by atoms with Gasteiger partial charge in [-0.2, -0.15) is 0 Å². The molecule has 0 amide bonds. The lowest BCUT2D eigenvalue weighted by Crippen LogP contribution is -2.46. The number of tetrazole rings is 1. The minimum atomic E-state index is 0.782. The van der Waals surface area contributed by atoms with E-state index in [1.54, 1.807) is 0 Å². The Morgan fingerprint density at radius 1 is 1.00 bits per heavy atom. The van der Waals surface area contributed by atoms with Crippen molar-refractivity contribution in [3.63, 3.8) is 0 Å². The van der Waals surface area contributed by atoms with Crippen molar-refractivity contribution in [3.8, 4) is 0 Å². The summed E-state index contributed by atoms with van der Waals surface area (Å²) in [4.78, 5) is 4.83. The summed E-state index contributed by atoms with van der Waals surface area (Å²) in [6.45, 7) is 7.64. The highest BCUT2D eigenvalue weighted by Crippen LogP contribution is 2.25. The Bertz CT molecular complexity index is 902. The third kappa shape index (κ3) is 4.51. The number of aromatic nitrogens is 4. The molecule has 2 aromatic carbocycles. The van der Waals surface area contributed by atoms with Crippen molar-refractivity contribution in [2.75, 3.05) is 31.1 Å². The van der Waals surface area contributed by atoms with Gasteiger partial charge < -0.3 is 4.90 Å². The van der Waals surface area contributed by atoms with Crippen LogP contribution in [0, 0.1) is 6.92 Å². The molecule has 146 valence electrons. The van der Waals surface area contributed by atoms with Crippen molar-refractivity contribution in [3.05, 3.63) is 70.5 Å². The quantitative estimate of drug-likeness (QED) is 0.640. The van der Waals surface area contributed by atoms with Crippen LogP contribution in [0.5, 0.6) is 0 Å². The average molecular weight is 397 g/mol. The van der Waals surface area contributed by atoms with Crippen LogP contribution >= 0.6 is 11.6 Å². The standard InChI is InChI=1S/C21H25ClN6/c1-17-7-8-19(22)15-20(17)27-13-11-26(12-14-27)16-21-23-24-25-28(21)10-9-18-5-3-2-4-6-18/h2-8,15H,9-14,16H2,1H3. The Morgan fingerprint density at radius 3 is 2.57 bits per heavy atom. The molecule has 6 nitrogen and oxygen atoms in total. The molecular formula is C21H25ClN6. The molecule has 0 saturated carbocycles. The Kier molecular flexibility index (Phi) is 5.88.